The van der Waals surface area contributed by atoms with E-state index in [0.29, 0.717) is 6.04 Å². The zero-order chi connectivity index (χ0) is 10.4. The highest BCUT2D eigenvalue weighted by Gasteiger charge is 2.05. The van der Waals surface area contributed by atoms with E-state index in [1.54, 1.807) is 0 Å². The molecule has 0 saturated heterocycles. The molecule has 0 amide bonds. The van der Waals surface area contributed by atoms with Crippen molar-refractivity contribution < 1.29 is 0 Å². The van der Waals surface area contributed by atoms with Crippen molar-refractivity contribution in [2.24, 2.45) is 0 Å². The molecule has 3 nitrogen and oxygen atoms in total. The van der Waals surface area contributed by atoms with Crippen molar-refractivity contribution in [3.63, 3.8) is 0 Å². The summed E-state index contributed by atoms with van der Waals surface area (Å²) in [6.07, 6.45) is 8.06. The normalized spacial score (nSPS) is 11.1. The SMILES string of the molecule is CCCCCCc1nncn1C(C)C. The lowest BCUT2D eigenvalue weighted by Gasteiger charge is -2.09. The van der Waals surface area contributed by atoms with Crippen LogP contribution < -0.4 is 0 Å². The summed E-state index contributed by atoms with van der Waals surface area (Å²) in [7, 11) is 0. The van der Waals surface area contributed by atoms with Gasteiger partial charge in [-0.15, -0.1) is 10.2 Å². The van der Waals surface area contributed by atoms with Gasteiger partial charge in [0.15, 0.2) is 0 Å². The molecule has 1 rings (SSSR count). The Kier molecular flexibility index (Phi) is 4.63. The average molecular weight is 195 g/mol. The van der Waals surface area contributed by atoms with Gasteiger partial charge in [-0.25, -0.2) is 0 Å². The van der Waals surface area contributed by atoms with Crippen LogP contribution in [0.4, 0.5) is 0 Å². The molecule has 1 aromatic rings. The molecule has 0 N–H and O–H groups in total. The number of rotatable bonds is 6. The summed E-state index contributed by atoms with van der Waals surface area (Å²) >= 11 is 0. The fourth-order valence-electron chi connectivity index (χ4n) is 1.59. The van der Waals surface area contributed by atoms with Crippen molar-refractivity contribution >= 4 is 0 Å². The van der Waals surface area contributed by atoms with Crippen LogP contribution in [0.15, 0.2) is 6.33 Å². The van der Waals surface area contributed by atoms with E-state index in [1.807, 2.05) is 6.33 Å². The van der Waals surface area contributed by atoms with E-state index in [9.17, 15) is 0 Å². The van der Waals surface area contributed by atoms with Crippen LogP contribution in [0, 0.1) is 0 Å². The molecule has 0 radical (unpaired) electrons. The minimum atomic E-state index is 0.478. The van der Waals surface area contributed by atoms with Crippen molar-refractivity contribution in [1.82, 2.24) is 14.8 Å². The summed E-state index contributed by atoms with van der Waals surface area (Å²) in [4.78, 5) is 0. The number of unbranched alkanes of at least 4 members (excludes halogenated alkanes) is 3. The molecule has 0 aliphatic carbocycles. The summed E-state index contributed by atoms with van der Waals surface area (Å²) < 4.78 is 2.16. The third-order valence-electron chi connectivity index (χ3n) is 2.46. The van der Waals surface area contributed by atoms with Gasteiger partial charge < -0.3 is 4.57 Å². The molecule has 0 aromatic carbocycles. The van der Waals surface area contributed by atoms with Crippen molar-refractivity contribution in [1.29, 1.82) is 0 Å². The fourth-order valence-corrected chi connectivity index (χ4v) is 1.59. The summed E-state index contributed by atoms with van der Waals surface area (Å²) in [5.41, 5.74) is 0. The standard InChI is InChI=1S/C11H21N3/c1-4-5-6-7-8-11-13-12-9-14(11)10(2)3/h9-10H,4-8H2,1-3H3. The zero-order valence-corrected chi connectivity index (χ0v) is 9.53. The molecule has 14 heavy (non-hydrogen) atoms. The first kappa shape index (κ1) is 11.2. The van der Waals surface area contributed by atoms with E-state index in [4.69, 9.17) is 0 Å². The Hall–Kier alpha value is -0.860. The van der Waals surface area contributed by atoms with Gasteiger partial charge in [-0.05, 0) is 20.3 Å². The van der Waals surface area contributed by atoms with Crippen LogP contribution in [-0.4, -0.2) is 14.8 Å². The first-order valence-corrected chi connectivity index (χ1v) is 5.64. The number of aromatic nitrogens is 3. The van der Waals surface area contributed by atoms with Crippen LogP contribution in [0.5, 0.6) is 0 Å². The van der Waals surface area contributed by atoms with Crippen molar-refractivity contribution in [3.05, 3.63) is 12.2 Å². The second-order valence-electron chi connectivity index (χ2n) is 4.06. The maximum atomic E-state index is 4.15. The maximum Gasteiger partial charge on any atom is 0.133 e. The second kappa shape index (κ2) is 5.78. The number of nitrogens with zero attached hydrogens (tertiary/aromatic N) is 3. The van der Waals surface area contributed by atoms with Crippen molar-refractivity contribution in [2.75, 3.05) is 0 Å². The smallest absolute Gasteiger partial charge is 0.133 e. The minimum absolute atomic E-state index is 0.478. The Morgan fingerprint density at radius 3 is 2.71 bits per heavy atom. The van der Waals surface area contributed by atoms with E-state index in [2.05, 4.69) is 35.5 Å². The molecular weight excluding hydrogens is 174 g/mol. The Morgan fingerprint density at radius 1 is 1.29 bits per heavy atom. The number of aryl methyl sites for hydroxylation is 1. The summed E-state index contributed by atoms with van der Waals surface area (Å²) in [5, 5.41) is 8.10. The second-order valence-corrected chi connectivity index (χ2v) is 4.06. The average Bonchev–Trinajstić information content (AvgIpc) is 2.60. The van der Waals surface area contributed by atoms with Gasteiger partial charge in [0.1, 0.15) is 12.2 Å². The summed E-state index contributed by atoms with van der Waals surface area (Å²) in [6.45, 7) is 6.56. The van der Waals surface area contributed by atoms with Crippen molar-refractivity contribution in [2.45, 2.75) is 58.9 Å². The predicted molar refractivity (Wildman–Crippen MR) is 58.3 cm³/mol. The van der Waals surface area contributed by atoms with Gasteiger partial charge in [0.25, 0.3) is 0 Å². The quantitative estimate of drug-likeness (QED) is 0.653. The van der Waals surface area contributed by atoms with Crippen LogP contribution >= 0.6 is 0 Å². The summed E-state index contributed by atoms with van der Waals surface area (Å²) in [6, 6.07) is 0.478. The van der Waals surface area contributed by atoms with Gasteiger partial charge in [0, 0.05) is 12.5 Å². The van der Waals surface area contributed by atoms with E-state index in [-0.39, 0.29) is 0 Å². The Bertz CT molecular complexity index is 253. The molecule has 0 spiro atoms. The zero-order valence-electron chi connectivity index (χ0n) is 9.53. The fraction of sp³-hybridized carbons (Fsp3) is 0.818. The van der Waals surface area contributed by atoms with E-state index in [1.165, 1.54) is 25.7 Å². The van der Waals surface area contributed by atoms with Crippen LogP contribution in [-0.2, 0) is 6.42 Å². The molecule has 0 atom stereocenters. The predicted octanol–water partition coefficient (Wildman–Crippen LogP) is 2.98. The van der Waals surface area contributed by atoms with E-state index < -0.39 is 0 Å². The van der Waals surface area contributed by atoms with E-state index >= 15 is 0 Å². The number of hydrogen-bond acceptors (Lipinski definition) is 2. The topological polar surface area (TPSA) is 30.7 Å². The third-order valence-corrected chi connectivity index (χ3v) is 2.46. The van der Waals surface area contributed by atoms with Crippen molar-refractivity contribution in [3.8, 4) is 0 Å². The monoisotopic (exact) mass is 195 g/mol. The molecular formula is C11H21N3. The molecule has 80 valence electrons. The molecule has 1 aromatic heterocycles. The molecule has 3 heteroatoms. The highest BCUT2D eigenvalue weighted by molar-refractivity contribution is 4.87. The Balaban J connectivity index is 2.38. The van der Waals surface area contributed by atoms with Gasteiger partial charge in [-0.3, -0.25) is 0 Å². The van der Waals surface area contributed by atoms with Crippen LogP contribution in [0.1, 0.15) is 58.3 Å². The summed E-state index contributed by atoms with van der Waals surface area (Å²) in [5.74, 6) is 1.14. The molecule has 0 unspecified atom stereocenters. The Morgan fingerprint density at radius 2 is 2.07 bits per heavy atom. The van der Waals surface area contributed by atoms with E-state index in [0.717, 1.165) is 12.2 Å². The highest BCUT2D eigenvalue weighted by Crippen LogP contribution is 2.10. The number of hydrogen-bond donors (Lipinski definition) is 0. The van der Waals surface area contributed by atoms with Crippen LogP contribution in [0.25, 0.3) is 0 Å². The molecule has 0 bridgehead atoms. The highest BCUT2D eigenvalue weighted by atomic mass is 15.3. The maximum absolute atomic E-state index is 4.15. The molecule has 0 aliphatic heterocycles. The van der Waals surface area contributed by atoms with Gasteiger partial charge in [0.05, 0.1) is 0 Å². The Labute approximate surface area is 86.5 Å². The van der Waals surface area contributed by atoms with Gasteiger partial charge >= 0.3 is 0 Å². The third kappa shape index (κ3) is 3.13. The largest absolute Gasteiger partial charge is 0.315 e. The molecule has 0 fully saturated rings. The molecule has 0 aliphatic rings. The molecule has 0 saturated carbocycles. The van der Waals surface area contributed by atoms with Gasteiger partial charge in [-0.1, -0.05) is 26.2 Å². The first-order valence-electron chi connectivity index (χ1n) is 5.64. The lowest BCUT2D eigenvalue weighted by molar-refractivity contribution is 0.551. The first-order chi connectivity index (χ1) is 6.75. The van der Waals surface area contributed by atoms with Gasteiger partial charge in [0.2, 0.25) is 0 Å². The molecule has 1 heterocycles. The lowest BCUT2D eigenvalue weighted by Crippen LogP contribution is -2.05. The minimum Gasteiger partial charge on any atom is -0.315 e. The van der Waals surface area contributed by atoms with Crippen LogP contribution in [0.3, 0.4) is 0 Å². The van der Waals surface area contributed by atoms with Crippen LogP contribution in [0.2, 0.25) is 0 Å². The van der Waals surface area contributed by atoms with Gasteiger partial charge in [-0.2, -0.15) is 0 Å². The lowest BCUT2D eigenvalue weighted by atomic mass is 10.1.